The van der Waals surface area contributed by atoms with E-state index >= 15 is 0 Å². The van der Waals surface area contributed by atoms with Gasteiger partial charge >= 0.3 is 5.97 Å². The number of ether oxygens (including phenoxy) is 6. The van der Waals surface area contributed by atoms with Gasteiger partial charge in [-0.1, -0.05) is 13.0 Å². The second-order valence-corrected chi connectivity index (χ2v) is 6.96. The minimum atomic E-state index is -1.77. The number of rotatable bonds is 9. The molecule has 0 saturated heterocycles. The molecule has 0 spiro atoms. The van der Waals surface area contributed by atoms with Gasteiger partial charge in [0.2, 0.25) is 12.5 Å². The van der Waals surface area contributed by atoms with Gasteiger partial charge in [-0.05, 0) is 48.7 Å². The number of fused-ring (bicyclic) bond motifs is 1. The Hall–Kier alpha value is -3.13. The lowest BCUT2D eigenvalue weighted by Gasteiger charge is -2.36. The van der Waals surface area contributed by atoms with Gasteiger partial charge in [0.25, 0.3) is 0 Å². The third kappa shape index (κ3) is 3.95. The summed E-state index contributed by atoms with van der Waals surface area (Å²) < 4.78 is 32.5. The zero-order valence-electron chi connectivity index (χ0n) is 18.4. The van der Waals surface area contributed by atoms with Crippen LogP contribution in [0.5, 0.6) is 28.7 Å². The molecule has 3 rings (SSSR count). The summed E-state index contributed by atoms with van der Waals surface area (Å²) >= 11 is 0. The van der Waals surface area contributed by atoms with Crippen LogP contribution in [-0.4, -0.2) is 45.8 Å². The van der Waals surface area contributed by atoms with Crippen molar-refractivity contribution in [3.63, 3.8) is 0 Å². The molecular formula is C23H28O8. The number of hydrogen-bond acceptors (Lipinski definition) is 8. The van der Waals surface area contributed by atoms with Crippen LogP contribution >= 0.6 is 0 Å². The van der Waals surface area contributed by atoms with Crippen LogP contribution in [0.3, 0.4) is 0 Å². The predicted octanol–water partition coefficient (Wildman–Crippen LogP) is 3.27. The normalized spacial score (nSPS) is 15.0. The first-order valence-corrected chi connectivity index (χ1v) is 10.0. The lowest BCUT2D eigenvalue weighted by Crippen LogP contribution is -2.41. The molecule has 2 aromatic rings. The maximum Gasteiger partial charge on any atom is 0.312 e. The lowest BCUT2D eigenvalue weighted by molar-refractivity contribution is -0.156. The number of hydrogen-bond donors (Lipinski definition) is 1. The fraction of sp³-hybridized carbons (Fsp3) is 0.435. The second-order valence-electron chi connectivity index (χ2n) is 6.96. The predicted molar refractivity (Wildman–Crippen MR) is 112 cm³/mol. The summed E-state index contributed by atoms with van der Waals surface area (Å²) in [7, 11) is 4.48. The Morgan fingerprint density at radius 2 is 1.65 bits per heavy atom. The van der Waals surface area contributed by atoms with E-state index in [9.17, 15) is 9.90 Å². The number of benzene rings is 2. The first kappa shape index (κ1) is 22.6. The van der Waals surface area contributed by atoms with Crippen LogP contribution in [0.25, 0.3) is 0 Å². The molecule has 168 valence electrons. The average molecular weight is 432 g/mol. The number of aliphatic hydroxyl groups is 1. The molecule has 8 heteroatoms. The zero-order chi connectivity index (χ0) is 22.6. The van der Waals surface area contributed by atoms with Crippen LogP contribution in [0.15, 0.2) is 30.3 Å². The van der Waals surface area contributed by atoms with Crippen molar-refractivity contribution < 1.29 is 38.3 Å². The van der Waals surface area contributed by atoms with E-state index in [4.69, 9.17) is 28.4 Å². The summed E-state index contributed by atoms with van der Waals surface area (Å²) in [6, 6.07) is 8.35. The van der Waals surface area contributed by atoms with Crippen molar-refractivity contribution in [2.45, 2.75) is 25.9 Å². The summed E-state index contributed by atoms with van der Waals surface area (Å²) in [5.41, 5.74) is -0.930. The van der Waals surface area contributed by atoms with Crippen LogP contribution in [0.2, 0.25) is 0 Å². The van der Waals surface area contributed by atoms with E-state index in [1.165, 1.54) is 21.3 Å². The molecule has 0 fully saturated rings. The Kier molecular flexibility index (Phi) is 6.80. The van der Waals surface area contributed by atoms with Gasteiger partial charge < -0.3 is 33.5 Å². The zero-order valence-corrected chi connectivity index (χ0v) is 18.4. The van der Waals surface area contributed by atoms with Gasteiger partial charge in [0, 0.05) is 0 Å². The molecular weight excluding hydrogens is 404 g/mol. The van der Waals surface area contributed by atoms with E-state index in [0.717, 1.165) is 0 Å². The van der Waals surface area contributed by atoms with Crippen molar-refractivity contribution in [3.05, 3.63) is 41.5 Å². The van der Waals surface area contributed by atoms with Gasteiger partial charge in [-0.15, -0.1) is 0 Å². The molecule has 8 nitrogen and oxygen atoms in total. The number of carbonyl (C=O) groups is 1. The minimum Gasteiger partial charge on any atom is -0.493 e. The molecule has 0 amide bonds. The van der Waals surface area contributed by atoms with Crippen LogP contribution in [0, 0.1) is 5.92 Å². The van der Waals surface area contributed by atoms with Gasteiger partial charge in [-0.3, -0.25) is 4.79 Å². The first-order chi connectivity index (χ1) is 14.9. The maximum absolute atomic E-state index is 12.9. The summed E-state index contributed by atoms with van der Waals surface area (Å²) in [6.07, 6.45) is 0.320. The fourth-order valence-electron chi connectivity index (χ4n) is 3.88. The van der Waals surface area contributed by atoms with Crippen molar-refractivity contribution in [2.75, 3.05) is 34.7 Å². The summed E-state index contributed by atoms with van der Waals surface area (Å²) in [5, 5.41) is 12.2. The molecule has 1 heterocycles. The number of methoxy groups -OCH3 is 3. The van der Waals surface area contributed by atoms with Gasteiger partial charge in [0.05, 0.1) is 33.9 Å². The Balaban J connectivity index is 2.27. The molecule has 1 aliphatic rings. The molecule has 2 atom stereocenters. The largest absolute Gasteiger partial charge is 0.493 e. The molecule has 0 radical (unpaired) electrons. The third-order valence-electron chi connectivity index (χ3n) is 5.40. The second kappa shape index (κ2) is 9.34. The standard InChI is InChI=1S/C23H28O8/c1-6-16(22(24)29-7-2)23(25,14-8-9-17-18(10-14)31-13-30-17)15-11-19(26-3)21(28-5)20(12-15)27-4/h8-12,16,25H,6-7,13H2,1-5H3/t16-,23-/m0/s1. The average Bonchev–Trinajstić information content (AvgIpc) is 3.26. The van der Waals surface area contributed by atoms with Gasteiger partial charge in [-0.2, -0.15) is 0 Å². The highest BCUT2D eigenvalue weighted by Gasteiger charge is 2.46. The Bertz CT molecular complexity index is 916. The molecule has 1 N–H and O–H groups in total. The van der Waals surface area contributed by atoms with Crippen LogP contribution in [0.4, 0.5) is 0 Å². The smallest absolute Gasteiger partial charge is 0.312 e. The Morgan fingerprint density at radius 1 is 1.00 bits per heavy atom. The molecule has 0 aliphatic carbocycles. The van der Waals surface area contributed by atoms with Crippen molar-refractivity contribution in [1.82, 2.24) is 0 Å². The molecule has 0 bridgehead atoms. The minimum absolute atomic E-state index is 0.0937. The van der Waals surface area contributed by atoms with E-state index in [1.807, 2.05) is 6.92 Å². The van der Waals surface area contributed by atoms with E-state index in [0.29, 0.717) is 46.3 Å². The molecule has 2 aromatic carbocycles. The third-order valence-corrected chi connectivity index (χ3v) is 5.40. The van der Waals surface area contributed by atoms with E-state index in [-0.39, 0.29) is 13.4 Å². The highest BCUT2D eigenvalue weighted by atomic mass is 16.7. The number of esters is 1. The van der Waals surface area contributed by atoms with E-state index in [1.54, 1.807) is 37.3 Å². The van der Waals surface area contributed by atoms with Crippen LogP contribution < -0.4 is 23.7 Å². The first-order valence-electron chi connectivity index (χ1n) is 10.0. The molecule has 0 aromatic heterocycles. The van der Waals surface area contributed by atoms with Gasteiger partial charge in [-0.25, -0.2) is 0 Å². The van der Waals surface area contributed by atoms with Crippen molar-refractivity contribution in [3.8, 4) is 28.7 Å². The topological polar surface area (TPSA) is 92.7 Å². The molecule has 0 saturated carbocycles. The maximum atomic E-state index is 12.9. The van der Waals surface area contributed by atoms with Crippen LogP contribution in [0.1, 0.15) is 31.4 Å². The Labute approximate surface area is 181 Å². The summed E-state index contributed by atoms with van der Waals surface area (Å²) in [6.45, 7) is 3.83. The molecule has 1 aliphatic heterocycles. The molecule has 31 heavy (non-hydrogen) atoms. The number of carbonyl (C=O) groups excluding carboxylic acids is 1. The monoisotopic (exact) mass is 432 g/mol. The van der Waals surface area contributed by atoms with Crippen molar-refractivity contribution >= 4 is 5.97 Å². The molecule has 0 unspecified atom stereocenters. The van der Waals surface area contributed by atoms with E-state index < -0.39 is 17.5 Å². The van der Waals surface area contributed by atoms with Gasteiger partial charge in [0.15, 0.2) is 23.0 Å². The Morgan fingerprint density at radius 3 is 2.19 bits per heavy atom. The summed E-state index contributed by atoms with van der Waals surface area (Å²) in [5.74, 6) is 0.729. The fourth-order valence-corrected chi connectivity index (χ4v) is 3.88. The van der Waals surface area contributed by atoms with Crippen LogP contribution in [-0.2, 0) is 15.1 Å². The lowest BCUT2D eigenvalue weighted by atomic mass is 9.74. The van der Waals surface area contributed by atoms with Gasteiger partial charge in [0.1, 0.15) is 5.60 Å². The highest BCUT2D eigenvalue weighted by molar-refractivity contribution is 5.76. The quantitative estimate of drug-likeness (QED) is 0.604. The van der Waals surface area contributed by atoms with Crippen molar-refractivity contribution in [2.24, 2.45) is 5.92 Å². The van der Waals surface area contributed by atoms with E-state index in [2.05, 4.69) is 0 Å². The van der Waals surface area contributed by atoms with Crippen molar-refractivity contribution in [1.29, 1.82) is 0 Å². The summed E-state index contributed by atoms with van der Waals surface area (Å²) in [4.78, 5) is 12.9. The highest BCUT2D eigenvalue weighted by Crippen LogP contribution is 2.48. The SMILES string of the molecule is CCOC(=O)[C@H](CC)[C@](O)(c1ccc2c(c1)OCO2)c1cc(OC)c(OC)c(OC)c1.